The van der Waals surface area contributed by atoms with Gasteiger partial charge in [-0.25, -0.2) is 13.1 Å². The average molecular weight is 340 g/mol. The monoisotopic (exact) mass is 339 g/mol. The van der Waals surface area contributed by atoms with Crippen LogP contribution in [0.4, 0.5) is 0 Å². The van der Waals surface area contributed by atoms with Gasteiger partial charge in [0.1, 0.15) is 0 Å². The fourth-order valence-corrected chi connectivity index (χ4v) is 5.08. The molecular weight excluding hydrogens is 326 g/mol. The van der Waals surface area contributed by atoms with E-state index in [0.29, 0.717) is 0 Å². The number of aryl methyl sites for hydroxylation is 1. The minimum absolute atomic E-state index is 0.0971. The first kappa shape index (κ1) is 13.5. The Balaban J connectivity index is 2.05. The number of hydrogen-bond donors (Lipinski definition) is 2. The molecule has 1 unspecified atom stereocenters. The zero-order valence-corrected chi connectivity index (χ0v) is 12.5. The molecule has 1 atom stereocenters. The van der Waals surface area contributed by atoms with E-state index in [1.807, 2.05) is 0 Å². The number of rotatable bonds is 5. The summed E-state index contributed by atoms with van der Waals surface area (Å²) in [6.45, 7) is 1.86. The fourth-order valence-electron chi connectivity index (χ4n) is 1.62. The lowest BCUT2D eigenvalue weighted by Crippen LogP contribution is -2.33. The van der Waals surface area contributed by atoms with E-state index < -0.39 is 16.1 Å². The van der Waals surface area contributed by atoms with Gasteiger partial charge >= 0.3 is 0 Å². The molecule has 1 heterocycles. The Morgan fingerprint density at radius 2 is 2.29 bits per heavy atom. The molecule has 0 radical (unpaired) electrons. The zero-order chi connectivity index (χ0) is 12.6. The Morgan fingerprint density at radius 3 is 2.76 bits per heavy atom. The van der Waals surface area contributed by atoms with Crippen molar-refractivity contribution in [1.29, 1.82) is 0 Å². The summed E-state index contributed by atoms with van der Waals surface area (Å²) in [5.74, 6) is 0.271. The fraction of sp³-hybridized carbons (Fsp3) is 0.600. The number of halogens is 1. The van der Waals surface area contributed by atoms with E-state index in [4.69, 9.17) is 0 Å². The summed E-state index contributed by atoms with van der Waals surface area (Å²) in [6.07, 6.45) is 1.42. The predicted molar refractivity (Wildman–Crippen MR) is 70.7 cm³/mol. The molecule has 1 aromatic heterocycles. The third-order valence-corrected chi connectivity index (χ3v) is 6.01. The van der Waals surface area contributed by atoms with Gasteiger partial charge in [-0.05, 0) is 47.7 Å². The molecule has 1 aromatic rings. The van der Waals surface area contributed by atoms with Gasteiger partial charge in [0, 0.05) is 11.4 Å². The van der Waals surface area contributed by atoms with E-state index in [1.54, 1.807) is 13.0 Å². The normalized spacial score (nSPS) is 18.3. The lowest BCUT2D eigenvalue weighted by molar-refractivity contribution is 0.155. The highest BCUT2D eigenvalue weighted by Crippen LogP contribution is 2.33. The number of aliphatic hydroxyl groups excluding tert-OH is 1. The summed E-state index contributed by atoms with van der Waals surface area (Å²) in [4.78, 5) is 1.03. The van der Waals surface area contributed by atoms with Gasteiger partial charge in [0.05, 0.1) is 14.8 Å². The molecule has 17 heavy (non-hydrogen) atoms. The van der Waals surface area contributed by atoms with Crippen LogP contribution in [0, 0.1) is 12.8 Å². The smallest absolute Gasteiger partial charge is 0.241 e. The molecule has 0 bridgehead atoms. The van der Waals surface area contributed by atoms with E-state index in [0.717, 1.165) is 21.5 Å². The van der Waals surface area contributed by atoms with Gasteiger partial charge in [0.2, 0.25) is 10.0 Å². The highest BCUT2D eigenvalue weighted by Gasteiger charge is 2.31. The lowest BCUT2D eigenvalue weighted by atomic mass is 10.2. The van der Waals surface area contributed by atoms with Gasteiger partial charge in [-0.2, -0.15) is 0 Å². The minimum Gasteiger partial charge on any atom is -0.391 e. The van der Waals surface area contributed by atoms with Crippen LogP contribution >= 0.6 is 27.3 Å². The summed E-state index contributed by atoms with van der Waals surface area (Å²) in [6, 6.07) is 1.59. The van der Waals surface area contributed by atoms with Gasteiger partial charge in [-0.1, -0.05) is 0 Å². The van der Waals surface area contributed by atoms with Crippen LogP contribution in [0.1, 0.15) is 17.7 Å². The van der Waals surface area contributed by atoms with Crippen molar-refractivity contribution in [3.63, 3.8) is 0 Å². The average Bonchev–Trinajstić information content (AvgIpc) is 3.01. The summed E-state index contributed by atoms with van der Waals surface area (Å²) in [7, 11) is -3.50. The molecule has 4 nitrogen and oxygen atoms in total. The van der Waals surface area contributed by atoms with Crippen LogP contribution in [0.25, 0.3) is 0 Å². The first-order chi connectivity index (χ1) is 7.90. The van der Waals surface area contributed by atoms with Gasteiger partial charge in [0.25, 0.3) is 0 Å². The standard InChI is InChI=1S/C10H14BrNO3S2/c1-6-9(4-10(11)16-6)17(14,15)12-5-8(13)7-2-3-7/h4,7-8,12-13H,2-3,5H2,1H3. The Bertz CT molecular complexity index is 508. The molecule has 1 aliphatic rings. The van der Waals surface area contributed by atoms with Crippen LogP contribution in [-0.2, 0) is 10.0 Å². The number of thiophene rings is 1. The Kier molecular flexibility index (Phi) is 3.94. The molecule has 96 valence electrons. The molecule has 1 saturated carbocycles. The van der Waals surface area contributed by atoms with Crippen LogP contribution in [0.15, 0.2) is 14.7 Å². The maximum absolute atomic E-state index is 12.0. The van der Waals surface area contributed by atoms with E-state index >= 15 is 0 Å². The first-order valence-corrected chi connectivity index (χ1v) is 8.43. The van der Waals surface area contributed by atoms with Gasteiger partial charge in [0.15, 0.2) is 0 Å². The van der Waals surface area contributed by atoms with Crippen LogP contribution < -0.4 is 4.72 Å². The van der Waals surface area contributed by atoms with Crippen LogP contribution in [0.2, 0.25) is 0 Å². The lowest BCUT2D eigenvalue weighted by Gasteiger charge is -2.10. The predicted octanol–water partition coefficient (Wildman–Crippen LogP) is 1.87. The number of nitrogens with one attached hydrogen (secondary N) is 1. The second-order valence-electron chi connectivity index (χ2n) is 4.23. The molecule has 0 amide bonds. The van der Waals surface area contributed by atoms with Crippen molar-refractivity contribution in [2.45, 2.75) is 30.8 Å². The molecule has 7 heteroatoms. The molecule has 0 saturated heterocycles. The number of hydrogen-bond acceptors (Lipinski definition) is 4. The van der Waals surface area contributed by atoms with Gasteiger partial charge in [-0.15, -0.1) is 11.3 Å². The van der Waals surface area contributed by atoms with Crippen molar-refractivity contribution in [2.24, 2.45) is 5.92 Å². The van der Waals surface area contributed by atoms with Crippen molar-refractivity contribution >= 4 is 37.3 Å². The topological polar surface area (TPSA) is 66.4 Å². The number of sulfonamides is 1. The quantitative estimate of drug-likeness (QED) is 0.860. The second-order valence-corrected chi connectivity index (χ2v) is 8.60. The molecular formula is C10H14BrNO3S2. The largest absolute Gasteiger partial charge is 0.391 e. The second kappa shape index (κ2) is 4.97. The zero-order valence-electron chi connectivity index (χ0n) is 9.31. The van der Waals surface area contributed by atoms with Crippen LogP contribution in [0.5, 0.6) is 0 Å². The highest BCUT2D eigenvalue weighted by atomic mass is 79.9. The van der Waals surface area contributed by atoms with E-state index in [-0.39, 0.29) is 17.4 Å². The maximum atomic E-state index is 12.0. The molecule has 1 aliphatic carbocycles. The van der Waals surface area contributed by atoms with Crippen molar-refractivity contribution in [1.82, 2.24) is 4.72 Å². The molecule has 0 spiro atoms. The van der Waals surface area contributed by atoms with Crippen molar-refractivity contribution in [2.75, 3.05) is 6.54 Å². The first-order valence-electron chi connectivity index (χ1n) is 5.34. The molecule has 0 aromatic carbocycles. The van der Waals surface area contributed by atoms with Crippen molar-refractivity contribution in [3.8, 4) is 0 Å². The molecule has 2 N–H and O–H groups in total. The van der Waals surface area contributed by atoms with Crippen LogP contribution in [-0.4, -0.2) is 26.2 Å². The van der Waals surface area contributed by atoms with E-state index in [2.05, 4.69) is 20.7 Å². The summed E-state index contributed by atoms with van der Waals surface area (Å²) in [5.41, 5.74) is 0. The van der Waals surface area contributed by atoms with Crippen molar-refractivity contribution in [3.05, 3.63) is 14.7 Å². The third kappa shape index (κ3) is 3.29. The minimum atomic E-state index is -3.50. The summed E-state index contributed by atoms with van der Waals surface area (Å²) < 4.78 is 27.2. The number of aliphatic hydroxyl groups is 1. The molecule has 2 rings (SSSR count). The Hall–Kier alpha value is 0.0500. The van der Waals surface area contributed by atoms with Gasteiger partial charge < -0.3 is 5.11 Å². The summed E-state index contributed by atoms with van der Waals surface area (Å²) >= 11 is 4.65. The van der Waals surface area contributed by atoms with Crippen LogP contribution in [0.3, 0.4) is 0 Å². The summed E-state index contributed by atoms with van der Waals surface area (Å²) in [5, 5.41) is 9.64. The Labute approximate surface area is 113 Å². The third-order valence-electron chi connectivity index (χ3n) is 2.78. The van der Waals surface area contributed by atoms with Gasteiger partial charge in [-0.3, -0.25) is 0 Å². The SMILES string of the molecule is Cc1sc(Br)cc1S(=O)(=O)NCC(O)C1CC1. The molecule has 0 aliphatic heterocycles. The molecule has 1 fully saturated rings. The van der Waals surface area contributed by atoms with Crippen molar-refractivity contribution < 1.29 is 13.5 Å². The highest BCUT2D eigenvalue weighted by molar-refractivity contribution is 9.11. The maximum Gasteiger partial charge on any atom is 0.241 e. The Morgan fingerprint density at radius 1 is 1.65 bits per heavy atom. The van der Waals surface area contributed by atoms with E-state index in [9.17, 15) is 13.5 Å². The van der Waals surface area contributed by atoms with E-state index in [1.165, 1.54) is 11.3 Å².